The number of hydrogen-bond donors (Lipinski definition) is 4. The zero-order chi connectivity index (χ0) is 15.3. The van der Waals surface area contributed by atoms with Crippen molar-refractivity contribution >= 4 is 23.6 Å². The minimum Gasteiger partial charge on any atom is -0.508 e. The highest BCUT2D eigenvalue weighted by molar-refractivity contribution is 6.00. The van der Waals surface area contributed by atoms with Gasteiger partial charge in [-0.05, 0) is 18.2 Å². The Morgan fingerprint density at radius 1 is 1.30 bits per heavy atom. The van der Waals surface area contributed by atoms with Crippen LogP contribution in [0.4, 0.5) is 10.5 Å². The standard InChI is InChI=1S/C12H15N3O5/c1-13-10(17)6-15(2)12(20)14-9-4-3-7(16)5-8(9)11(18)19/h3-5,16H,6H2,1-2H3,(H,13,17)(H,14,20)(H,18,19). The Labute approximate surface area is 115 Å². The van der Waals surface area contributed by atoms with Crippen LogP contribution in [0.3, 0.4) is 0 Å². The molecule has 0 radical (unpaired) electrons. The van der Waals surface area contributed by atoms with Crippen molar-refractivity contribution in [1.82, 2.24) is 10.2 Å². The predicted molar refractivity (Wildman–Crippen MR) is 70.8 cm³/mol. The van der Waals surface area contributed by atoms with Crippen LogP contribution in [-0.2, 0) is 4.79 Å². The molecule has 0 aromatic heterocycles. The van der Waals surface area contributed by atoms with Gasteiger partial charge in [-0.1, -0.05) is 0 Å². The molecule has 0 bridgehead atoms. The fourth-order valence-electron chi connectivity index (χ4n) is 1.40. The number of nitrogens with one attached hydrogen (secondary N) is 2. The molecule has 0 saturated heterocycles. The Balaban J connectivity index is 2.85. The van der Waals surface area contributed by atoms with Crippen molar-refractivity contribution in [3.63, 3.8) is 0 Å². The van der Waals surface area contributed by atoms with Gasteiger partial charge in [0.05, 0.1) is 11.3 Å². The molecule has 0 aliphatic carbocycles. The normalized spacial score (nSPS) is 9.70. The van der Waals surface area contributed by atoms with Crippen LogP contribution < -0.4 is 10.6 Å². The summed E-state index contributed by atoms with van der Waals surface area (Å²) in [6.45, 7) is -0.164. The fourth-order valence-corrected chi connectivity index (χ4v) is 1.40. The predicted octanol–water partition coefficient (Wildman–Crippen LogP) is 0.300. The molecule has 20 heavy (non-hydrogen) atoms. The van der Waals surface area contributed by atoms with E-state index in [-0.39, 0.29) is 29.5 Å². The van der Waals surface area contributed by atoms with E-state index in [1.165, 1.54) is 26.2 Å². The second-order valence-electron chi connectivity index (χ2n) is 3.99. The number of urea groups is 1. The molecule has 1 rings (SSSR count). The molecule has 1 aromatic rings. The Hall–Kier alpha value is -2.77. The smallest absolute Gasteiger partial charge is 0.337 e. The summed E-state index contributed by atoms with van der Waals surface area (Å²) in [5, 5.41) is 23.0. The number of aromatic carboxylic acids is 1. The molecular weight excluding hydrogens is 266 g/mol. The maximum atomic E-state index is 11.8. The molecule has 0 heterocycles. The van der Waals surface area contributed by atoms with E-state index in [0.29, 0.717) is 0 Å². The Morgan fingerprint density at radius 2 is 1.95 bits per heavy atom. The molecule has 3 amide bonds. The van der Waals surface area contributed by atoms with Crippen molar-refractivity contribution in [2.45, 2.75) is 0 Å². The molecule has 0 unspecified atom stereocenters. The van der Waals surface area contributed by atoms with E-state index in [2.05, 4.69) is 10.6 Å². The molecule has 0 fully saturated rings. The summed E-state index contributed by atoms with van der Waals surface area (Å²) in [7, 11) is 2.84. The van der Waals surface area contributed by atoms with Gasteiger partial charge in [-0.15, -0.1) is 0 Å². The van der Waals surface area contributed by atoms with Gasteiger partial charge in [0.15, 0.2) is 0 Å². The van der Waals surface area contributed by atoms with Gasteiger partial charge in [-0.2, -0.15) is 0 Å². The van der Waals surface area contributed by atoms with Crippen molar-refractivity contribution in [2.24, 2.45) is 0 Å². The van der Waals surface area contributed by atoms with Crippen molar-refractivity contribution in [2.75, 3.05) is 26.0 Å². The van der Waals surface area contributed by atoms with Crippen LogP contribution in [0.25, 0.3) is 0 Å². The zero-order valence-corrected chi connectivity index (χ0v) is 11.0. The Bertz CT molecular complexity index is 544. The van der Waals surface area contributed by atoms with E-state index in [0.717, 1.165) is 11.0 Å². The van der Waals surface area contributed by atoms with E-state index >= 15 is 0 Å². The van der Waals surface area contributed by atoms with Crippen LogP contribution >= 0.6 is 0 Å². The van der Waals surface area contributed by atoms with Gasteiger partial charge in [-0.3, -0.25) is 4.79 Å². The lowest BCUT2D eigenvalue weighted by Gasteiger charge is -2.17. The Morgan fingerprint density at radius 3 is 2.50 bits per heavy atom. The third-order valence-electron chi connectivity index (χ3n) is 2.48. The van der Waals surface area contributed by atoms with Crippen LogP contribution in [0, 0.1) is 0 Å². The number of nitrogens with zero attached hydrogens (tertiary/aromatic N) is 1. The second kappa shape index (κ2) is 6.41. The molecule has 0 aliphatic rings. The molecule has 0 spiro atoms. The number of carboxylic acids is 1. The first-order chi connectivity index (χ1) is 9.35. The minimum absolute atomic E-state index is 0.0315. The number of carboxylic acid groups (broad SMARTS) is 1. The number of phenols is 1. The van der Waals surface area contributed by atoms with Crippen molar-refractivity contribution in [1.29, 1.82) is 0 Å². The number of anilines is 1. The topological polar surface area (TPSA) is 119 Å². The molecule has 108 valence electrons. The summed E-state index contributed by atoms with van der Waals surface area (Å²) in [5.74, 6) is -1.86. The minimum atomic E-state index is -1.29. The van der Waals surface area contributed by atoms with Crippen molar-refractivity contribution in [3.05, 3.63) is 23.8 Å². The highest BCUT2D eigenvalue weighted by Crippen LogP contribution is 2.21. The summed E-state index contributed by atoms with van der Waals surface area (Å²) >= 11 is 0. The van der Waals surface area contributed by atoms with Crippen LogP contribution in [0.5, 0.6) is 5.75 Å². The summed E-state index contributed by atoms with van der Waals surface area (Å²) < 4.78 is 0. The van der Waals surface area contributed by atoms with Gasteiger partial charge < -0.3 is 25.7 Å². The van der Waals surface area contributed by atoms with Crippen LogP contribution in [-0.4, -0.2) is 53.7 Å². The first-order valence-electron chi connectivity index (χ1n) is 5.64. The average Bonchev–Trinajstić information content (AvgIpc) is 2.40. The number of likely N-dealkylation sites (N-methyl/N-ethyl adjacent to an activating group) is 2. The maximum absolute atomic E-state index is 11.8. The molecule has 0 aliphatic heterocycles. The van der Waals surface area contributed by atoms with Gasteiger partial charge in [0.25, 0.3) is 0 Å². The summed E-state index contributed by atoms with van der Waals surface area (Å²) in [4.78, 5) is 35.0. The first kappa shape index (κ1) is 15.3. The highest BCUT2D eigenvalue weighted by atomic mass is 16.4. The summed E-state index contributed by atoms with van der Waals surface area (Å²) in [6, 6.07) is 2.91. The lowest BCUT2D eigenvalue weighted by atomic mass is 10.1. The SMILES string of the molecule is CNC(=O)CN(C)C(=O)Nc1ccc(O)cc1C(=O)O. The molecule has 0 atom stereocenters. The van der Waals surface area contributed by atoms with E-state index in [9.17, 15) is 19.5 Å². The number of amides is 3. The van der Waals surface area contributed by atoms with Gasteiger partial charge in [-0.25, -0.2) is 9.59 Å². The van der Waals surface area contributed by atoms with Crippen LogP contribution in [0.1, 0.15) is 10.4 Å². The van der Waals surface area contributed by atoms with E-state index < -0.39 is 12.0 Å². The molecule has 4 N–H and O–H groups in total. The Kier molecular flexibility index (Phi) is 4.90. The third kappa shape index (κ3) is 3.87. The highest BCUT2D eigenvalue weighted by Gasteiger charge is 2.16. The van der Waals surface area contributed by atoms with Crippen molar-refractivity contribution in [3.8, 4) is 5.75 Å². The molecule has 8 heteroatoms. The maximum Gasteiger partial charge on any atom is 0.337 e. The van der Waals surface area contributed by atoms with E-state index in [1.807, 2.05) is 0 Å². The zero-order valence-electron chi connectivity index (χ0n) is 11.0. The molecule has 1 aromatic carbocycles. The van der Waals surface area contributed by atoms with Crippen LogP contribution in [0.15, 0.2) is 18.2 Å². The van der Waals surface area contributed by atoms with Gasteiger partial charge >= 0.3 is 12.0 Å². The number of hydrogen-bond acceptors (Lipinski definition) is 4. The third-order valence-corrected chi connectivity index (χ3v) is 2.48. The van der Waals surface area contributed by atoms with Crippen molar-refractivity contribution < 1.29 is 24.6 Å². The number of carbonyl (C=O) groups is 3. The van der Waals surface area contributed by atoms with Gasteiger partial charge in [0, 0.05) is 14.1 Å². The number of benzene rings is 1. The van der Waals surface area contributed by atoms with Crippen LogP contribution in [0.2, 0.25) is 0 Å². The molecule has 0 saturated carbocycles. The van der Waals surface area contributed by atoms with E-state index in [1.54, 1.807) is 0 Å². The lowest BCUT2D eigenvalue weighted by molar-refractivity contribution is -0.120. The number of aromatic hydroxyl groups is 1. The number of carbonyl (C=O) groups excluding carboxylic acids is 2. The van der Waals surface area contributed by atoms with Gasteiger partial charge in [0.2, 0.25) is 5.91 Å². The van der Waals surface area contributed by atoms with E-state index in [4.69, 9.17) is 5.11 Å². The monoisotopic (exact) mass is 281 g/mol. The quantitative estimate of drug-likeness (QED) is 0.592. The average molecular weight is 281 g/mol. The number of phenolic OH excluding ortho intramolecular Hbond substituents is 1. The first-order valence-corrected chi connectivity index (χ1v) is 5.64. The lowest BCUT2D eigenvalue weighted by Crippen LogP contribution is -2.39. The number of rotatable bonds is 4. The largest absolute Gasteiger partial charge is 0.508 e. The molecule has 8 nitrogen and oxygen atoms in total. The molecular formula is C12H15N3O5. The second-order valence-corrected chi connectivity index (χ2v) is 3.99. The fraction of sp³-hybridized carbons (Fsp3) is 0.250. The van der Waals surface area contributed by atoms with Gasteiger partial charge in [0.1, 0.15) is 12.3 Å². The summed E-state index contributed by atoms with van der Waals surface area (Å²) in [6.07, 6.45) is 0. The summed E-state index contributed by atoms with van der Waals surface area (Å²) in [5.41, 5.74) is -0.212.